The van der Waals surface area contributed by atoms with Crippen LogP contribution >= 0.6 is 11.3 Å². The van der Waals surface area contributed by atoms with Gasteiger partial charge in [-0.1, -0.05) is 0 Å². The van der Waals surface area contributed by atoms with Gasteiger partial charge in [0.2, 0.25) is 5.82 Å². The summed E-state index contributed by atoms with van der Waals surface area (Å²) >= 11 is 0.592. The third-order valence-electron chi connectivity index (χ3n) is 2.76. The van der Waals surface area contributed by atoms with Gasteiger partial charge in [0.15, 0.2) is 5.69 Å². The van der Waals surface area contributed by atoms with Crippen molar-refractivity contribution in [3.05, 3.63) is 37.8 Å². The molecule has 0 atom stereocenters. The molecule has 24 heavy (non-hydrogen) atoms. The Morgan fingerprint density at radius 2 is 2.00 bits per heavy atom. The molecule has 2 heterocycles. The molecule has 0 aliphatic heterocycles. The fourth-order valence-electron chi connectivity index (χ4n) is 1.80. The number of nitro groups is 1. The summed E-state index contributed by atoms with van der Waals surface area (Å²) in [7, 11) is 1.38. The minimum atomic E-state index is -4.77. The minimum Gasteiger partial charge on any atom is -0.367 e. The lowest BCUT2D eigenvalue weighted by molar-refractivity contribution is -0.384. The van der Waals surface area contributed by atoms with E-state index in [9.17, 15) is 28.1 Å². The number of hydrogen-bond donors (Lipinski definition) is 2. The molecule has 2 rings (SSSR count). The lowest BCUT2D eigenvalue weighted by atomic mass is 10.3. The van der Waals surface area contributed by atoms with Gasteiger partial charge in [0.25, 0.3) is 5.91 Å². The lowest BCUT2D eigenvalue weighted by Crippen LogP contribution is -2.18. The van der Waals surface area contributed by atoms with E-state index in [1.54, 1.807) is 0 Å². The van der Waals surface area contributed by atoms with E-state index in [1.165, 1.54) is 14.0 Å². The first kappa shape index (κ1) is 17.6. The summed E-state index contributed by atoms with van der Waals surface area (Å²) in [6, 6.07) is 2.20. The second-order valence-corrected chi connectivity index (χ2v) is 5.64. The molecule has 0 saturated heterocycles. The number of carbonyl (C=O) groups is 1. The second-order valence-electron chi connectivity index (χ2n) is 4.43. The van der Waals surface area contributed by atoms with Crippen LogP contribution in [0.2, 0.25) is 0 Å². The van der Waals surface area contributed by atoms with Crippen molar-refractivity contribution in [1.82, 2.24) is 9.97 Å². The van der Waals surface area contributed by atoms with Crippen LogP contribution < -0.4 is 10.6 Å². The van der Waals surface area contributed by atoms with E-state index < -0.39 is 27.6 Å². The summed E-state index contributed by atoms with van der Waals surface area (Å²) in [5, 5.41) is 15.5. The van der Waals surface area contributed by atoms with Crippen molar-refractivity contribution in [1.29, 1.82) is 0 Å². The van der Waals surface area contributed by atoms with Crippen LogP contribution in [0.3, 0.4) is 0 Å². The van der Waals surface area contributed by atoms with Crippen LogP contribution in [0.4, 0.5) is 30.5 Å². The molecule has 2 aromatic heterocycles. The molecule has 0 spiro atoms. The molecule has 0 radical (unpaired) electrons. The van der Waals surface area contributed by atoms with E-state index in [2.05, 4.69) is 20.6 Å². The lowest BCUT2D eigenvalue weighted by Gasteiger charge is -2.08. The summed E-state index contributed by atoms with van der Waals surface area (Å²) in [6.45, 7) is 1.35. The predicted molar refractivity (Wildman–Crippen MR) is 80.2 cm³/mol. The van der Waals surface area contributed by atoms with Crippen molar-refractivity contribution in [3.8, 4) is 0 Å². The number of halogens is 3. The van der Waals surface area contributed by atoms with Crippen molar-refractivity contribution in [3.63, 3.8) is 0 Å². The zero-order chi connectivity index (χ0) is 18.1. The third-order valence-corrected chi connectivity index (χ3v) is 3.73. The Kier molecular flexibility index (Phi) is 4.68. The van der Waals surface area contributed by atoms with Crippen LogP contribution in [0.15, 0.2) is 12.1 Å². The van der Waals surface area contributed by atoms with Gasteiger partial charge in [-0.15, -0.1) is 11.3 Å². The number of thiazole rings is 1. The summed E-state index contributed by atoms with van der Waals surface area (Å²) in [6.07, 6.45) is -4.77. The topological polar surface area (TPSA) is 110 Å². The van der Waals surface area contributed by atoms with Gasteiger partial charge < -0.3 is 10.6 Å². The van der Waals surface area contributed by atoms with Crippen molar-refractivity contribution in [2.24, 2.45) is 0 Å². The first-order valence-electron chi connectivity index (χ1n) is 6.32. The Labute approximate surface area is 136 Å². The second kappa shape index (κ2) is 6.39. The first-order valence-corrected chi connectivity index (χ1v) is 7.14. The number of nitrogens with zero attached hydrogens (tertiary/aromatic N) is 3. The fraction of sp³-hybridized carbons (Fsp3) is 0.250. The van der Waals surface area contributed by atoms with Crippen LogP contribution in [-0.4, -0.2) is 27.8 Å². The average molecular weight is 361 g/mol. The number of amides is 1. The molecule has 8 nitrogen and oxygen atoms in total. The fourth-order valence-corrected chi connectivity index (χ4v) is 2.63. The van der Waals surface area contributed by atoms with Gasteiger partial charge in [-0.25, -0.2) is 9.97 Å². The number of pyridine rings is 1. The molecule has 0 saturated carbocycles. The van der Waals surface area contributed by atoms with Crippen molar-refractivity contribution < 1.29 is 22.9 Å². The van der Waals surface area contributed by atoms with Crippen LogP contribution in [0.1, 0.15) is 20.4 Å². The molecule has 2 aromatic rings. The summed E-state index contributed by atoms with van der Waals surface area (Å²) < 4.78 is 38.7. The number of alkyl halides is 3. The van der Waals surface area contributed by atoms with E-state index in [-0.39, 0.29) is 22.3 Å². The Bertz CT molecular complexity index is 806. The molecule has 128 valence electrons. The monoisotopic (exact) mass is 361 g/mol. The zero-order valence-electron chi connectivity index (χ0n) is 12.3. The SMILES string of the molecule is CNc1nc(NC(=O)c2sc(C)nc2C(F)(F)F)ccc1[N+](=O)[O-]. The Morgan fingerprint density at radius 1 is 1.33 bits per heavy atom. The van der Waals surface area contributed by atoms with Gasteiger partial charge in [0.05, 0.1) is 9.93 Å². The largest absolute Gasteiger partial charge is 0.435 e. The van der Waals surface area contributed by atoms with Gasteiger partial charge in [-0.05, 0) is 13.0 Å². The molecule has 1 amide bonds. The summed E-state index contributed by atoms with van der Waals surface area (Å²) in [5.41, 5.74) is -1.61. The average Bonchev–Trinajstić information content (AvgIpc) is 2.89. The van der Waals surface area contributed by atoms with E-state index in [0.717, 1.165) is 12.1 Å². The molecular formula is C12H10F3N5O3S. The smallest absolute Gasteiger partial charge is 0.367 e. The van der Waals surface area contributed by atoms with Crippen LogP contribution in [0.25, 0.3) is 0 Å². The van der Waals surface area contributed by atoms with Gasteiger partial charge in [-0.2, -0.15) is 13.2 Å². The number of rotatable bonds is 4. The number of anilines is 2. The van der Waals surface area contributed by atoms with Gasteiger partial charge >= 0.3 is 11.9 Å². The van der Waals surface area contributed by atoms with Crippen LogP contribution in [0.5, 0.6) is 0 Å². The highest BCUT2D eigenvalue weighted by Gasteiger charge is 2.39. The molecule has 12 heteroatoms. The maximum Gasteiger partial charge on any atom is 0.435 e. The number of carbonyl (C=O) groups excluding carboxylic acids is 1. The standard InChI is InChI=1S/C12H10F3N5O3S/c1-5-17-9(12(13,14)15)8(24-5)11(21)19-7-4-3-6(20(22)23)10(16-2)18-7/h3-4H,1-2H3,(H2,16,18,19,21). The molecule has 0 aliphatic rings. The summed E-state index contributed by atoms with van der Waals surface area (Å²) in [4.78, 5) is 28.7. The molecule has 0 aliphatic carbocycles. The van der Waals surface area contributed by atoms with Gasteiger partial charge in [-0.3, -0.25) is 14.9 Å². The summed E-state index contributed by atoms with van der Waals surface area (Å²) in [5.74, 6) is -1.31. The van der Waals surface area contributed by atoms with E-state index in [0.29, 0.717) is 11.3 Å². The maximum atomic E-state index is 12.9. The highest BCUT2D eigenvalue weighted by Crippen LogP contribution is 2.34. The molecule has 0 bridgehead atoms. The Hall–Kier alpha value is -2.76. The van der Waals surface area contributed by atoms with E-state index in [1.807, 2.05) is 0 Å². The maximum absolute atomic E-state index is 12.9. The quantitative estimate of drug-likeness (QED) is 0.640. The zero-order valence-corrected chi connectivity index (χ0v) is 13.1. The highest BCUT2D eigenvalue weighted by molar-refractivity contribution is 7.13. The molecular weight excluding hydrogens is 351 g/mol. The van der Waals surface area contributed by atoms with Gasteiger partial charge in [0, 0.05) is 13.1 Å². The number of aryl methyl sites for hydroxylation is 1. The predicted octanol–water partition coefficient (Wildman–Crippen LogP) is 3.07. The molecule has 0 aromatic carbocycles. The first-order chi connectivity index (χ1) is 11.1. The number of aromatic nitrogens is 2. The number of hydrogen-bond acceptors (Lipinski definition) is 7. The third kappa shape index (κ3) is 3.59. The van der Waals surface area contributed by atoms with Crippen LogP contribution in [0, 0.1) is 17.0 Å². The van der Waals surface area contributed by atoms with E-state index >= 15 is 0 Å². The van der Waals surface area contributed by atoms with Crippen molar-refractivity contribution >= 4 is 34.6 Å². The molecule has 0 unspecified atom stereocenters. The minimum absolute atomic E-state index is 0.0834. The number of nitrogens with one attached hydrogen (secondary N) is 2. The van der Waals surface area contributed by atoms with Crippen molar-refractivity contribution in [2.75, 3.05) is 17.7 Å². The highest BCUT2D eigenvalue weighted by atomic mass is 32.1. The molecule has 2 N–H and O–H groups in total. The van der Waals surface area contributed by atoms with Crippen molar-refractivity contribution in [2.45, 2.75) is 13.1 Å². The van der Waals surface area contributed by atoms with Gasteiger partial charge in [0.1, 0.15) is 10.7 Å². The molecule has 0 fully saturated rings. The van der Waals surface area contributed by atoms with E-state index in [4.69, 9.17) is 0 Å². The van der Waals surface area contributed by atoms with Crippen LogP contribution in [-0.2, 0) is 6.18 Å². The Balaban J connectivity index is 2.33. The Morgan fingerprint density at radius 3 is 2.54 bits per heavy atom. The normalized spacial score (nSPS) is 11.2.